The second kappa shape index (κ2) is 15.3. The van der Waals surface area contributed by atoms with Gasteiger partial charge < -0.3 is 4.57 Å². The quantitative estimate of drug-likeness (QED) is 0.161. The van der Waals surface area contributed by atoms with Crippen LogP contribution < -0.4 is 0 Å². The van der Waals surface area contributed by atoms with Gasteiger partial charge >= 0.3 is 0 Å². The van der Waals surface area contributed by atoms with E-state index in [1.54, 1.807) is 0 Å². The van der Waals surface area contributed by atoms with Gasteiger partial charge in [-0.3, -0.25) is 0 Å². The summed E-state index contributed by atoms with van der Waals surface area (Å²) in [6, 6.07) is 84.8. The molecule has 0 radical (unpaired) electrons. The average molecular weight is 802 g/mol. The van der Waals surface area contributed by atoms with Crippen molar-refractivity contribution < 1.29 is 0 Å². The minimum absolute atomic E-state index is 0.709. The fourth-order valence-corrected chi connectivity index (χ4v) is 9.28. The van der Waals surface area contributed by atoms with Gasteiger partial charge in [0.2, 0.25) is 0 Å². The van der Waals surface area contributed by atoms with Crippen LogP contribution >= 0.6 is 0 Å². The molecule has 0 spiro atoms. The molecule has 294 valence electrons. The Morgan fingerprint density at radius 2 is 0.714 bits per heavy atom. The monoisotopic (exact) mass is 801 g/mol. The van der Waals surface area contributed by atoms with Crippen LogP contribution in [0.4, 0.5) is 0 Å². The molecule has 0 amide bonds. The molecule has 12 rings (SSSR count). The highest BCUT2D eigenvalue weighted by Gasteiger charge is 2.18. The third-order valence-corrected chi connectivity index (χ3v) is 12.4. The maximum Gasteiger partial charge on any atom is 0.160 e. The predicted octanol–water partition coefficient (Wildman–Crippen LogP) is 15.9. The first-order chi connectivity index (χ1) is 31.2. The summed E-state index contributed by atoms with van der Waals surface area (Å²) in [5, 5.41) is 7.19. The Morgan fingerprint density at radius 1 is 0.270 bits per heavy atom. The minimum Gasteiger partial charge on any atom is -0.309 e. The van der Waals surface area contributed by atoms with Crippen LogP contribution in [0.3, 0.4) is 0 Å². The van der Waals surface area contributed by atoms with E-state index in [4.69, 9.17) is 9.97 Å². The van der Waals surface area contributed by atoms with E-state index in [1.165, 1.54) is 66.0 Å². The first-order valence-electron chi connectivity index (χ1n) is 21.5. The molecule has 2 aromatic heterocycles. The van der Waals surface area contributed by atoms with E-state index in [9.17, 15) is 0 Å². The van der Waals surface area contributed by atoms with Crippen LogP contribution in [0.2, 0.25) is 0 Å². The van der Waals surface area contributed by atoms with Crippen LogP contribution in [0.25, 0.3) is 116 Å². The molecule has 2 heterocycles. The molecule has 0 atom stereocenters. The van der Waals surface area contributed by atoms with Gasteiger partial charge in [-0.05, 0) is 98.1 Å². The zero-order valence-corrected chi connectivity index (χ0v) is 34.4. The van der Waals surface area contributed by atoms with Crippen molar-refractivity contribution in [1.29, 1.82) is 0 Å². The van der Waals surface area contributed by atoms with Crippen molar-refractivity contribution in [2.45, 2.75) is 0 Å². The number of rotatable bonds is 7. The second-order valence-electron chi connectivity index (χ2n) is 16.2. The zero-order chi connectivity index (χ0) is 41.7. The number of benzene rings is 10. The second-order valence-corrected chi connectivity index (χ2v) is 16.2. The average Bonchev–Trinajstić information content (AvgIpc) is 3.69. The van der Waals surface area contributed by atoms with Crippen LogP contribution in [0, 0.1) is 0 Å². The highest BCUT2D eigenvalue weighted by Crippen LogP contribution is 2.41. The van der Waals surface area contributed by atoms with Crippen LogP contribution in [-0.4, -0.2) is 14.5 Å². The van der Waals surface area contributed by atoms with Crippen molar-refractivity contribution in [2.24, 2.45) is 0 Å². The Balaban J connectivity index is 0.969. The van der Waals surface area contributed by atoms with E-state index >= 15 is 0 Å². The van der Waals surface area contributed by atoms with E-state index in [1.807, 2.05) is 12.1 Å². The molecule has 3 heteroatoms. The molecule has 63 heavy (non-hydrogen) atoms. The fourth-order valence-electron chi connectivity index (χ4n) is 9.28. The Labute approximate surface area is 365 Å². The number of aromatic nitrogens is 3. The Morgan fingerprint density at radius 3 is 1.25 bits per heavy atom. The Bertz CT molecular complexity index is 3500. The van der Waals surface area contributed by atoms with E-state index in [2.05, 4.69) is 229 Å². The molecule has 0 aliphatic carbocycles. The SMILES string of the molecule is c1ccc(-c2ccc3c(c2)c2cc(-c4ccccc4)ccc2n3-c2ccc(-c3ccc4cc(-c5nc(-c6ccccc6)cc(-c6ccccc6)n5)ccc4c3)c3ccccc23)cc1. The largest absolute Gasteiger partial charge is 0.309 e. The summed E-state index contributed by atoms with van der Waals surface area (Å²) in [5.41, 5.74) is 15.7. The van der Waals surface area contributed by atoms with Crippen LogP contribution in [0.5, 0.6) is 0 Å². The molecule has 0 fully saturated rings. The van der Waals surface area contributed by atoms with Crippen molar-refractivity contribution >= 4 is 43.4 Å². The van der Waals surface area contributed by atoms with Gasteiger partial charge in [-0.2, -0.15) is 0 Å². The van der Waals surface area contributed by atoms with Gasteiger partial charge in [0.25, 0.3) is 0 Å². The number of fused-ring (bicyclic) bond motifs is 5. The van der Waals surface area contributed by atoms with Crippen molar-refractivity contribution in [3.8, 4) is 73.0 Å². The smallest absolute Gasteiger partial charge is 0.160 e. The van der Waals surface area contributed by atoms with Gasteiger partial charge in [-0.25, -0.2) is 9.97 Å². The first kappa shape index (κ1) is 36.5. The minimum atomic E-state index is 0.709. The predicted molar refractivity (Wildman–Crippen MR) is 264 cm³/mol. The molecule has 3 nitrogen and oxygen atoms in total. The molecular weight excluding hydrogens is 763 g/mol. The standard InChI is InChI=1S/C60H39N3/c1-5-15-40(16-6-1)46-29-32-58-53(37-46)54-38-47(41-17-7-2-8-18-41)30-33-59(54)63(58)57-34-31-50(51-23-13-14-24-52(51)57)48-27-25-45-36-49(28-26-44(45)35-48)60-61-55(42-19-9-3-10-20-42)39-56(62-60)43-21-11-4-12-22-43/h1-39H. The summed E-state index contributed by atoms with van der Waals surface area (Å²) in [4.78, 5) is 10.2. The lowest BCUT2D eigenvalue weighted by atomic mass is 9.94. The summed E-state index contributed by atoms with van der Waals surface area (Å²) in [5.74, 6) is 0.709. The van der Waals surface area contributed by atoms with Crippen molar-refractivity contribution in [2.75, 3.05) is 0 Å². The highest BCUT2D eigenvalue weighted by atomic mass is 15.0. The summed E-state index contributed by atoms with van der Waals surface area (Å²) in [6.07, 6.45) is 0. The normalized spacial score (nSPS) is 11.5. The first-order valence-corrected chi connectivity index (χ1v) is 21.5. The molecule has 12 aromatic rings. The van der Waals surface area contributed by atoms with Gasteiger partial charge in [0.15, 0.2) is 5.82 Å². The van der Waals surface area contributed by atoms with E-state index < -0.39 is 0 Å². The maximum absolute atomic E-state index is 5.10. The van der Waals surface area contributed by atoms with E-state index in [0.717, 1.165) is 44.5 Å². The molecule has 0 aliphatic rings. The molecule has 0 saturated heterocycles. The summed E-state index contributed by atoms with van der Waals surface area (Å²) in [7, 11) is 0. The Hall–Kier alpha value is -8.40. The molecular formula is C60H39N3. The van der Waals surface area contributed by atoms with E-state index in [0.29, 0.717) is 5.82 Å². The van der Waals surface area contributed by atoms with Gasteiger partial charge in [-0.1, -0.05) is 188 Å². The van der Waals surface area contributed by atoms with Crippen LogP contribution in [0.1, 0.15) is 0 Å². The molecule has 0 N–H and O–H groups in total. The molecule has 10 aromatic carbocycles. The van der Waals surface area contributed by atoms with Gasteiger partial charge in [-0.15, -0.1) is 0 Å². The Kier molecular flexibility index (Phi) is 8.83. The summed E-state index contributed by atoms with van der Waals surface area (Å²) in [6.45, 7) is 0. The lowest BCUT2D eigenvalue weighted by molar-refractivity contribution is 1.18. The number of nitrogens with zero attached hydrogens (tertiary/aromatic N) is 3. The van der Waals surface area contributed by atoms with Crippen molar-refractivity contribution in [1.82, 2.24) is 14.5 Å². The third-order valence-electron chi connectivity index (χ3n) is 12.4. The van der Waals surface area contributed by atoms with Crippen LogP contribution in [0.15, 0.2) is 237 Å². The molecule has 0 unspecified atom stereocenters. The van der Waals surface area contributed by atoms with Gasteiger partial charge in [0.05, 0.1) is 28.1 Å². The van der Waals surface area contributed by atoms with Crippen LogP contribution in [-0.2, 0) is 0 Å². The zero-order valence-electron chi connectivity index (χ0n) is 34.4. The molecule has 0 saturated carbocycles. The number of hydrogen-bond donors (Lipinski definition) is 0. The van der Waals surface area contributed by atoms with Gasteiger partial charge in [0.1, 0.15) is 0 Å². The molecule has 0 aliphatic heterocycles. The van der Waals surface area contributed by atoms with Gasteiger partial charge in [0, 0.05) is 32.8 Å². The molecule has 0 bridgehead atoms. The summed E-state index contributed by atoms with van der Waals surface area (Å²) >= 11 is 0. The third kappa shape index (κ3) is 6.55. The highest BCUT2D eigenvalue weighted by molar-refractivity contribution is 6.13. The maximum atomic E-state index is 5.10. The lowest BCUT2D eigenvalue weighted by Gasteiger charge is -2.16. The fraction of sp³-hybridized carbons (Fsp3) is 0. The van der Waals surface area contributed by atoms with E-state index in [-0.39, 0.29) is 0 Å². The number of hydrogen-bond acceptors (Lipinski definition) is 2. The topological polar surface area (TPSA) is 30.7 Å². The summed E-state index contributed by atoms with van der Waals surface area (Å²) < 4.78 is 2.46. The van der Waals surface area contributed by atoms with Crippen molar-refractivity contribution in [3.63, 3.8) is 0 Å². The lowest BCUT2D eigenvalue weighted by Crippen LogP contribution is -1.97. The van der Waals surface area contributed by atoms with Crippen molar-refractivity contribution in [3.05, 3.63) is 237 Å².